The first-order valence-corrected chi connectivity index (χ1v) is 9.42. The van der Waals surface area contributed by atoms with Crippen molar-refractivity contribution in [2.75, 3.05) is 0 Å². The molecule has 138 valence electrons. The Balaban J connectivity index is 2.35. The molecule has 0 amide bonds. The van der Waals surface area contributed by atoms with Gasteiger partial charge in [0.2, 0.25) is 0 Å². The summed E-state index contributed by atoms with van der Waals surface area (Å²) in [5.74, 6) is 0. The van der Waals surface area contributed by atoms with Crippen LogP contribution in [-0.4, -0.2) is 9.91 Å². The molecule has 2 aromatic carbocycles. The number of rotatable bonds is 3. The van der Waals surface area contributed by atoms with Crippen molar-refractivity contribution in [3.05, 3.63) is 76.8 Å². The van der Waals surface area contributed by atoms with Crippen LogP contribution in [0.15, 0.2) is 36.5 Å². The molecule has 0 bridgehead atoms. The van der Waals surface area contributed by atoms with E-state index in [1.54, 1.807) is 6.07 Å². The topological polar surface area (TPSA) is 56.0 Å². The zero-order valence-electron chi connectivity index (χ0n) is 12.9. The second-order valence-electron chi connectivity index (χ2n) is 5.26. The Morgan fingerprint density at radius 3 is 1.78 bits per heavy atom. The lowest BCUT2D eigenvalue weighted by Gasteiger charge is -2.12. The number of hydrogen-bond donors (Lipinski definition) is 0. The zero-order chi connectivity index (χ0) is 19.9. The second kappa shape index (κ2) is 8.00. The van der Waals surface area contributed by atoms with E-state index < -0.39 is 4.92 Å². The van der Waals surface area contributed by atoms with E-state index in [0.717, 1.165) is 0 Å². The normalized spacial score (nSPS) is 10.9. The summed E-state index contributed by atoms with van der Waals surface area (Å²) in [6.45, 7) is 0. The smallest absolute Gasteiger partial charge is 0.258 e. The predicted octanol–water partition coefficient (Wildman–Crippen LogP) is 8.24. The van der Waals surface area contributed by atoms with Gasteiger partial charge in [0.25, 0.3) is 0 Å². The number of benzene rings is 2. The monoisotopic (exact) mass is 480 g/mol. The van der Waals surface area contributed by atoms with E-state index in [0.29, 0.717) is 5.56 Å². The number of nitro groups is 1. The van der Waals surface area contributed by atoms with E-state index in [4.69, 9.17) is 69.6 Å². The van der Waals surface area contributed by atoms with Gasteiger partial charge in [-0.05, 0) is 24.3 Å². The third kappa shape index (κ3) is 3.70. The molecule has 0 N–H and O–H groups in total. The maximum Gasteiger partial charge on any atom is 0.303 e. The van der Waals surface area contributed by atoms with Crippen LogP contribution in [0.2, 0.25) is 30.1 Å². The van der Waals surface area contributed by atoms with Crippen molar-refractivity contribution in [1.29, 1.82) is 0 Å². The minimum absolute atomic E-state index is 0.0169. The van der Waals surface area contributed by atoms with E-state index in [1.165, 1.54) is 30.5 Å². The highest BCUT2D eigenvalue weighted by Crippen LogP contribution is 2.46. The van der Waals surface area contributed by atoms with Crippen molar-refractivity contribution >= 4 is 75.3 Å². The van der Waals surface area contributed by atoms with Gasteiger partial charge in [-0.15, -0.1) is 0 Å². The van der Waals surface area contributed by atoms with E-state index in [2.05, 4.69) is 4.98 Å². The lowest BCUT2D eigenvalue weighted by molar-refractivity contribution is -0.383. The van der Waals surface area contributed by atoms with Gasteiger partial charge in [-0.1, -0.05) is 75.7 Å². The van der Waals surface area contributed by atoms with Gasteiger partial charge in [-0.2, -0.15) is 0 Å². The molecule has 0 fully saturated rings. The van der Waals surface area contributed by atoms with E-state index in [1.807, 2.05) is 0 Å². The van der Waals surface area contributed by atoms with Crippen LogP contribution >= 0.6 is 69.6 Å². The Morgan fingerprint density at radius 1 is 0.704 bits per heavy atom. The summed E-state index contributed by atoms with van der Waals surface area (Å²) in [5, 5.41) is 12.6. The number of hydrogen-bond acceptors (Lipinski definition) is 3. The molecule has 1 aromatic heterocycles. The highest BCUT2D eigenvalue weighted by atomic mass is 35.5. The van der Waals surface area contributed by atoms with Crippen LogP contribution in [-0.2, 0) is 0 Å². The molecule has 0 aliphatic carbocycles. The Labute approximate surface area is 183 Å². The lowest BCUT2D eigenvalue weighted by Crippen LogP contribution is -1.99. The minimum Gasteiger partial charge on any atom is -0.258 e. The predicted molar refractivity (Wildman–Crippen MR) is 112 cm³/mol. The highest BCUT2D eigenvalue weighted by molar-refractivity contribution is 6.50. The molecule has 4 nitrogen and oxygen atoms in total. The summed E-state index contributed by atoms with van der Waals surface area (Å²) in [4.78, 5) is 15.4. The summed E-state index contributed by atoms with van der Waals surface area (Å²) < 4.78 is 0. The molecule has 0 saturated carbocycles. The van der Waals surface area contributed by atoms with Crippen LogP contribution in [0.4, 0.5) is 5.69 Å². The quantitative estimate of drug-likeness (QED) is 0.214. The van der Waals surface area contributed by atoms with Gasteiger partial charge in [0.15, 0.2) is 0 Å². The average Bonchev–Trinajstić information content (AvgIpc) is 2.64. The fraction of sp³-hybridized carbons (Fsp3) is 0. The summed E-state index contributed by atoms with van der Waals surface area (Å²) in [7, 11) is 0. The largest absolute Gasteiger partial charge is 0.303 e. The number of halogens is 6. The molecule has 10 heteroatoms. The van der Waals surface area contributed by atoms with Crippen LogP contribution in [0.1, 0.15) is 0 Å². The van der Waals surface area contributed by atoms with Crippen molar-refractivity contribution in [3.63, 3.8) is 0 Å². The van der Waals surface area contributed by atoms with Crippen molar-refractivity contribution < 1.29 is 4.92 Å². The zero-order valence-corrected chi connectivity index (χ0v) is 17.5. The van der Waals surface area contributed by atoms with Crippen molar-refractivity contribution in [3.8, 4) is 22.4 Å². The molecule has 0 unspecified atom stereocenters. The molecule has 0 saturated heterocycles. The Hall–Kier alpha value is -1.27. The third-order valence-corrected chi connectivity index (χ3v) is 6.31. The molecule has 27 heavy (non-hydrogen) atoms. The SMILES string of the molecule is O=[N+]([O-])c1c(-c2ccc(Cl)c(Cl)c2Cl)ccnc1-c1ccc(Cl)c(Cl)c1Cl. The molecule has 3 rings (SSSR count). The van der Waals surface area contributed by atoms with Gasteiger partial charge in [-0.25, -0.2) is 4.98 Å². The maximum atomic E-state index is 11.9. The molecule has 0 aliphatic rings. The van der Waals surface area contributed by atoms with Crippen molar-refractivity contribution in [2.24, 2.45) is 0 Å². The Morgan fingerprint density at radius 2 is 1.22 bits per heavy atom. The van der Waals surface area contributed by atoms with Crippen molar-refractivity contribution in [2.45, 2.75) is 0 Å². The van der Waals surface area contributed by atoms with Gasteiger partial charge in [-0.3, -0.25) is 10.1 Å². The van der Waals surface area contributed by atoms with Gasteiger partial charge >= 0.3 is 5.69 Å². The highest BCUT2D eigenvalue weighted by Gasteiger charge is 2.27. The van der Waals surface area contributed by atoms with Gasteiger partial charge in [0, 0.05) is 17.3 Å². The maximum absolute atomic E-state index is 11.9. The minimum atomic E-state index is -0.574. The Bertz CT molecular complexity index is 1010. The van der Waals surface area contributed by atoms with E-state index in [9.17, 15) is 10.1 Å². The summed E-state index contributed by atoms with van der Waals surface area (Å²) in [6.07, 6.45) is 1.40. The molecule has 1 heterocycles. The van der Waals surface area contributed by atoms with Crippen LogP contribution < -0.4 is 0 Å². The van der Waals surface area contributed by atoms with Crippen LogP contribution in [0.25, 0.3) is 22.4 Å². The molecule has 3 aromatic rings. The molecule has 0 radical (unpaired) electrons. The van der Waals surface area contributed by atoms with Crippen LogP contribution in [0, 0.1) is 10.1 Å². The fourth-order valence-electron chi connectivity index (χ4n) is 2.50. The number of nitrogens with zero attached hydrogens (tertiary/aromatic N) is 2. The second-order valence-corrected chi connectivity index (χ2v) is 7.58. The molecule has 0 atom stereocenters. The number of aromatic nitrogens is 1. The molecular formula is C17H6Cl6N2O2. The molecule has 0 aliphatic heterocycles. The standard InChI is InChI=1S/C17H6Cl6N2O2/c18-10-3-1-7(12(20)14(10)22)8-5-6-24-16(17(8)25(26)27)9-2-4-11(19)15(23)13(9)21/h1-6H. The third-order valence-electron chi connectivity index (χ3n) is 3.72. The fourth-order valence-corrected chi connectivity index (χ4v) is 3.76. The van der Waals surface area contributed by atoms with Gasteiger partial charge in [0.1, 0.15) is 5.69 Å². The first-order chi connectivity index (χ1) is 12.7. The van der Waals surface area contributed by atoms with Gasteiger partial charge < -0.3 is 0 Å². The number of pyridine rings is 1. The first kappa shape index (κ1) is 20.5. The van der Waals surface area contributed by atoms with E-state index in [-0.39, 0.29) is 52.6 Å². The van der Waals surface area contributed by atoms with Gasteiger partial charge in [0.05, 0.1) is 40.6 Å². The average molecular weight is 483 g/mol. The summed E-state index contributed by atoms with van der Waals surface area (Å²) in [5.41, 5.74) is 0.505. The summed E-state index contributed by atoms with van der Waals surface area (Å²) in [6, 6.07) is 7.49. The van der Waals surface area contributed by atoms with Crippen LogP contribution in [0.5, 0.6) is 0 Å². The van der Waals surface area contributed by atoms with E-state index >= 15 is 0 Å². The first-order valence-electron chi connectivity index (χ1n) is 7.15. The van der Waals surface area contributed by atoms with Crippen molar-refractivity contribution in [1.82, 2.24) is 4.98 Å². The Kier molecular flexibility index (Phi) is 6.06. The lowest BCUT2D eigenvalue weighted by atomic mass is 10.0. The molecular weight excluding hydrogens is 477 g/mol. The molecule has 0 spiro atoms. The van der Waals surface area contributed by atoms with Crippen LogP contribution in [0.3, 0.4) is 0 Å². The summed E-state index contributed by atoms with van der Waals surface area (Å²) >= 11 is 36.5.